The Balaban J connectivity index is 2.22. The second kappa shape index (κ2) is 6.15. The third-order valence-electron chi connectivity index (χ3n) is 3.20. The fourth-order valence-electron chi connectivity index (χ4n) is 2.00. The molecule has 2 rings (SSSR count). The van der Waals surface area contributed by atoms with Crippen molar-refractivity contribution < 1.29 is 14.3 Å². The van der Waals surface area contributed by atoms with Crippen LogP contribution in [0.3, 0.4) is 0 Å². The number of Topliss-reactive ketones (excluding diaryl/α,β-unsaturated/α-hetero) is 2. The summed E-state index contributed by atoms with van der Waals surface area (Å²) in [5, 5.41) is 0. The second-order valence-electron chi connectivity index (χ2n) is 4.55. The molecule has 0 fully saturated rings. The van der Waals surface area contributed by atoms with E-state index in [4.69, 9.17) is 4.74 Å². The lowest BCUT2D eigenvalue weighted by atomic mass is 9.91. The minimum atomic E-state index is -0.704. The molecule has 1 atom stereocenters. The Hall–Kier alpha value is -2.42. The van der Waals surface area contributed by atoms with Crippen molar-refractivity contribution in [1.82, 2.24) is 0 Å². The van der Waals surface area contributed by atoms with Gasteiger partial charge in [0.05, 0.1) is 13.0 Å². The van der Waals surface area contributed by atoms with E-state index in [0.717, 1.165) is 0 Å². The lowest BCUT2D eigenvalue weighted by Crippen LogP contribution is -2.21. The van der Waals surface area contributed by atoms with Crippen LogP contribution in [0.25, 0.3) is 0 Å². The molecule has 20 heavy (non-hydrogen) atoms. The molecule has 0 aromatic heterocycles. The Morgan fingerprint density at radius 3 is 2.15 bits per heavy atom. The molecule has 102 valence electrons. The molecule has 0 bridgehead atoms. The number of benzene rings is 2. The van der Waals surface area contributed by atoms with Crippen LogP contribution in [0.5, 0.6) is 5.75 Å². The van der Waals surface area contributed by atoms with Gasteiger partial charge in [-0.15, -0.1) is 0 Å². The fourth-order valence-corrected chi connectivity index (χ4v) is 2.00. The van der Waals surface area contributed by atoms with Gasteiger partial charge in [-0.25, -0.2) is 0 Å². The van der Waals surface area contributed by atoms with Crippen molar-refractivity contribution in [1.29, 1.82) is 0 Å². The fraction of sp³-hybridized carbons (Fsp3) is 0.176. The summed E-state index contributed by atoms with van der Waals surface area (Å²) in [7, 11) is 1.54. The number of ketones is 2. The molecule has 0 radical (unpaired) electrons. The number of hydrogen-bond acceptors (Lipinski definition) is 3. The number of hydrogen-bond donors (Lipinski definition) is 0. The van der Waals surface area contributed by atoms with Gasteiger partial charge < -0.3 is 4.74 Å². The maximum absolute atomic E-state index is 12.4. The molecule has 3 nitrogen and oxygen atoms in total. The molecule has 1 unspecified atom stereocenters. The number of methoxy groups -OCH3 is 1. The number of rotatable bonds is 5. The molecule has 0 aliphatic heterocycles. The highest BCUT2D eigenvalue weighted by Gasteiger charge is 2.23. The SMILES string of the molecule is COc1cccc(C(=O)C(C)C(=O)c2ccccc2)c1. The van der Waals surface area contributed by atoms with Crippen LogP contribution in [0.2, 0.25) is 0 Å². The van der Waals surface area contributed by atoms with E-state index >= 15 is 0 Å². The molecule has 0 aliphatic rings. The van der Waals surface area contributed by atoms with Crippen molar-refractivity contribution in [2.45, 2.75) is 6.92 Å². The second-order valence-corrected chi connectivity index (χ2v) is 4.55. The smallest absolute Gasteiger partial charge is 0.173 e. The zero-order valence-electron chi connectivity index (χ0n) is 11.5. The van der Waals surface area contributed by atoms with Gasteiger partial charge in [-0.2, -0.15) is 0 Å². The van der Waals surface area contributed by atoms with Gasteiger partial charge in [0.15, 0.2) is 11.6 Å². The summed E-state index contributed by atoms with van der Waals surface area (Å²) < 4.78 is 5.09. The predicted octanol–water partition coefficient (Wildman–Crippen LogP) is 3.40. The summed E-state index contributed by atoms with van der Waals surface area (Å²) >= 11 is 0. The van der Waals surface area contributed by atoms with Gasteiger partial charge in [0, 0.05) is 11.1 Å². The maximum atomic E-state index is 12.4. The van der Waals surface area contributed by atoms with E-state index in [-0.39, 0.29) is 11.6 Å². The van der Waals surface area contributed by atoms with Gasteiger partial charge in [0.2, 0.25) is 0 Å². The molecule has 0 N–H and O–H groups in total. The molecular weight excluding hydrogens is 252 g/mol. The summed E-state index contributed by atoms with van der Waals surface area (Å²) in [6.45, 7) is 1.64. The summed E-state index contributed by atoms with van der Waals surface area (Å²) in [5.41, 5.74) is 1.04. The molecule has 0 spiro atoms. The number of carbonyl (C=O) groups is 2. The van der Waals surface area contributed by atoms with Crippen LogP contribution in [-0.4, -0.2) is 18.7 Å². The minimum Gasteiger partial charge on any atom is -0.497 e. The zero-order valence-corrected chi connectivity index (χ0v) is 11.5. The molecule has 0 aliphatic carbocycles. The molecule has 2 aromatic carbocycles. The monoisotopic (exact) mass is 268 g/mol. The van der Waals surface area contributed by atoms with Crippen LogP contribution in [0.1, 0.15) is 27.6 Å². The van der Waals surface area contributed by atoms with Crippen molar-refractivity contribution in [3.63, 3.8) is 0 Å². The third-order valence-corrected chi connectivity index (χ3v) is 3.20. The van der Waals surface area contributed by atoms with Crippen LogP contribution in [0, 0.1) is 5.92 Å². The average Bonchev–Trinajstić information content (AvgIpc) is 2.53. The minimum absolute atomic E-state index is 0.168. The summed E-state index contributed by atoms with van der Waals surface area (Å²) in [5.74, 6) is -0.462. The van der Waals surface area contributed by atoms with E-state index in [0.29, 0.717) is 16.9 Å². The Bertz CT molecular complexity index is 617. The Kier molecular flexibility index (Phi) is 4.31. The third kappa shape index (κ3) is 2.94. The molecular formula is C17H16O3. The number of carbonyl (C=O) groups excluding carboxylic acids is 2. The van der Waals surface area contributed by atoms with E-state index in [1.54, 1.807) is 62.6 Å². The van der Waals surface area contributed by atoms with Gasteiger partial charge in [-0.05, 0) is 19.1 Å². The molecule has 2 aromatic rings. The van der Waals surface area contributed by atoms with Crippen molar-refractivity contribution in [2.24, 2.45) is 5.92 Å². The lowest BCUT2D eigenvalue weighted by molar-refractivity contribution is 0.0820. The molecule has 0 heterocycles. The first kappa shape index (κ1) is 14.0. The summed E-state index contributed by atoms with van der Waals surface area (Å²) in [6.07, 6.45) is 0. The van der Waals surface area contributed by atoms with Crippen LogP contribution < -0.4 is 4.74 Å². The molecule has 0 amide bonds. The van der Waals surface area contributed by atoms with E-state index in [1.165, 1.54) is 0 Å². The van der Waals surface area contributed by atoms with Crippen LogP contribution in [0.15, 0.2) is 54.6 Å². The van der Waals surface area contributed by atoms with Gasteiger partial charge in [-0.3, -0.25) is 9.59 Å². The van der Waals surface area contributed by atoms with Gasteiger partial charge in [-0.1, -0.05) is 42.5 Å². The standard InChI is InChI=1S/C17H16O3/c1-12(16(18)13-7-4-3-5-8-13)17(19)14-9-6-10-15(11-14)20-2/h3-12H,1-2H3. The van der Waals surface area contributed by atoms with Gasteiger partial charge >= 0.3 is 0 Å². The lowest BCUT2D eigenvalue weighted by Gasteiger charge is -2.10. The largest absolute Gasteiger partial charge is 0.497 e. The summed E-state index contributed by atoms with van der Waals surface area (Å²) in [6, 6.07) is 15.7. The highest BCUT2D eigenvalue weighted by atomic mass is 16.5. The zero-order chi connectivity index (χ0) is 14.5. The first-order valence-electron chi connectivity index (χ1n) is 6.41. The molecule has 0 saturated heterocycles. The maximum Gasteiger partial charge on any atom is 0.173 e. The predicted molar refractivity (Wildman–Crippen MR) is 77.3 cm³/mol. The van der Waals surface area contributed by atoms with Crippen molar-refractivity contribution in [3.05, 3.63) is 65.7 Å². The number of ether oxygens (including phenoxy) is 1. The quantitative estimate of drug-likeness (QED) is 0.616. The topological polar surface area (TPSA) is 43.4 Å². The van der Waals surface area contributed by atoms with Crippen molar-refractivity contribution in [3.8, 4) is 5.75 Å². The Labute approximate surface area is 118 Å². The van der Waals surface area contributed by atoms with Crippen LogP contribution in [-0.2, 0) is 0 Å². The normalized spacial score (nSPS) is 11.7. The van der Waals surface area contributed by atoms with Crippen LogP contribution in [0.4, 0.5) is 0 Å². The highest BCUT2D eigenvalue weighted by molar-refractivity contribution is 6.15. The Morgan fingerprint density at radius 2 is 1.50 bits per heavy atom. The molecule has 3 heteroatoms. The van der Waals surface area contributed by atoms with Crippen molar-refractivity contribution in [2.75, 3.05) is 7.11 Å². The van der Waals surface area contributed by atoms with Crippen LogP contribution >= 0.6 is 0 Å². The first-order valence-corrected chi connectivity index (χ1v) is 6.41. The summed E-state index contributed by atoms with van der Waals surface area (Å²) in [4.78, 5) is 24.6. The first-order chi connectivity index (χ1) is 9.63. The average molecular weight is 268 g/mol. The van der Waals surface area contributed by atoms with Gasteiger partial charge in [0.25, 0.3) is 0 Å². The molecule has 0 saturated carbocycles. The van der Waals surface area contributed by atoms with E-state index in [9.17, 15) is 9.59 Å². The van der Waals surface area contributed by atoms with Gasteiger partial charge in [0.1, 0.15) is 5.75 Å². The van der Waals surface area contributed by atoms with E-state index < -0.39 is 5.92 Å². The highest BCUT2D eigenvalue weighted by Crippen LogP contribution is 2.18. The van der Waals surface area contributed by atoms with E-state index in [2.05, 4.69) is 0 Å². The Morgan fingerprint density at radius 1 is 0.900 bits per heavy atom. The van der Waals surface area contributed by atoms with Crippen molar-refractivity contribution >= 4 is 11.6 Å². The van der Waals surface area contributed by atoms with E-state index in [1.807, 2.05) is 6.07 Å².